The Morgan fingerprint density at radius 3 is 2.87 bits per heavy atom. The highest BCUT2D eigenvalue weighted by molar-refractivity contribution is 8.00. The van der Waals surface area contributed by atoms with Crippen LogP contribution in [0.5, 0.6) is 0 Å². The van der Waals surface area contributed by atoms with Gasteiger partial charge in [-0.05, 0) is 19.4 Å². The zero-order valence-corrected chi connectivity index (χ0v) is 15.1. The van der Waals surface area contributed by atoms with Crippen molar-refractivity contribution in [1.82, 2.24) is 10.2 Å². The van der Waals surface area contributed by atoms with Crippen LogP contribution in [0.25, 0.3) is 0 Å². The topological polar surface area (TPSA) is 53.9 Å². The number of hydrogen-bond donors (Lipinski definition) is 2. The number of rotatable bonds is 6. The Morgan fingerprint density at radius 2 is 2.22 bits per heavy atom. The predicted molar refractivity (Wildman–Crippen MR) is 93.4 cm³/mol. The Kier molecular flexibility index (Phi) is 6.07. The maximum atomic E-state index is 12.4. The van der Waals surface area contributed by atoms with Gasteiger partial charge in [-0.1, -0.05) is 29.8 Å². The first-order chi connectivity index (χ1) is 10.9. The Balaban J connectivity index is 2.08. The fraction of sp³-hybridized carbons (Fsp3) is 0.529. The Labute approximate surface area is 142 Å². The Morgan fingerprint density at radius 1 is 1.48 bits per heavy atom. The maximum Gasteiger partial charge on any atom is 0.242 e. The van der Waals surface area contributed by atoms with E-state index in [2.05, 4.69) is 11.4 Å². The van der Waals surface area contributed by atoms with E-state index in [-0.39, 0.29) is 17.2 Å². The third-order valence-electron chi connectivity index (χ3n) is 3.95. The average Bonchev–Trinajstić information content (AvgIpc) is 2.87. The van der Waals surface area contributed by atoms with Gasteiger partial charge in [-0.3, -0.25) is 9.59 Å². The van der Waals surface area contributed by atoms with Gasteiger partial charge in [0.1, 0.15) is 11.4 Å². The quantitative estimate of drug-likeness (QED) is 0.781. The van der Waals surface area contributed by atoms with Crippen LogP contribution in [0.15, 0.2) is 24.3 Å². The van der Waals surface area contributed by atoms with Crippen molar-refractivity contribution in [2.45, 2.75) is 25.3 Å². The summed E-state index contributed by atoms with van der Waals surface area (Å²) in [5.41, 5.74) is 2.24. The number of benzene rings is 1. The minimum absolute atomic E-state index is 0.0300. The second-order valence-corrected chi connectivity index (χ2v) is 7.37. The molecule has 0 aliphatic carbocycles. The van der Waals surface area contributed by atoms with Crippen molar-refractivity contribution in [2.75, 3.05) is 32.9 Å². The molecule has 0 bridgehead atoms. The number of carbonyl (C=O) groups excluding carboxylic acids is 2. The molecule has 6 heteroatoms. The monoisotopic (exact) mass is 336 g/mol. The number of nitrogens with zero attached hydrogens (tertiary/aromatic N) is 1. The molecule has 126 valence electrons. The van der Waals surface area contributed by atoms with Crippen molar-refractivity contribution < 1.29 is 14.5 Å². The second-order valence-electron chi connectivity index (χ2n) is 6.30. The molecule has 1 saturated heterocycles. The van der Waals surface area contributed by atoms with E-state index >= 15 is 0 Å². The van der Waals surface area contributed by atoms with E-state index in [0.29, 0.717) is 12.3 Å². The molecule has 1 heterocycles. The van der Waals surface area contributed by atoms with Crippen molar-refractivity contribution in [1.29, 1.82) is 0 Å². The summed E-state index contributed by atoms with van der Waals surface area (Å²) in [6.45, 7) is 5.33. The maximum absolute atomic E-state index is 12.4. The van der Waals surface area contributed by atoms with Gasteiger partial charge in [0.05, 0.1) is 32.9 Å². The Hall–Kier alpha value is -1.53. The highest BCUT2D eigenvalue weighted by Gasteiger charge is 2.38. The summed E-state index contributed by atoms with van der Waals surface area (Å²) in [4.78, 5) is 27.7. The number of aryl methyl sites for hydroxylation is 1. The summed E-state index contributed by atoms with van der Waals surface area (Å²) in [6.07, 6.45) is 0. The summed E-state index contributed by atoms with van der Waals surface area (Å²) in [6, 6.07) is 7.69. The molecule has 0 radical (unpaired) electrons. The lowest BCUT2D eigenvalue weighted by atomic mass is 10.1. The molecule has 2 atom stereocenters. The van der Waals surface area contributed by atoms with Gasteiger partial charge < -0.3 is 15.1 Å². The average molecular weight is 336 g/mol. The molecular weight excluding hydrogens is 310 g/mol. The predicted octanol–water partition coefficient (Wildman–Crippen LogP) is 0.218. The third kappa shape index (κ3) is 4.48. The van der Waals surface area contributed by atoms with E-state index in [1.54, 1.807) is 16.7 Å². The van der Waals surface area contributed by atoms with Crippen molar-refractivity contribution in [3.05, 3.63) is 35.4 Å². The van der Waals surface area contributed by atoms with E-state index < -0.39 is 6.04 Å². The molecular formula is C17H26N3O2S+. The first-order valence-corrected chi connectivity index (χ1v) is 9.01. The molecule has 1 aliphatic rings. The van der Waals surface area contributed by atoms with Gasteiger partial charge in [0.2, 0.25) is 11.8 Å². The van der Waals surface area contributed by atoms with Crippen LogP contribution in [0.1, 0.15) is 23.4 Å². The minimum atomic E-state index is -0.458. The number of thioether (sulfide) groups is 1. The Bertz CT molecular complexity index is 577. The van der Waals surface area contributed by atoms with Gasteiger partial charge in [0, 0.05) is 0 Å². The van der Waals surface area contributed by atoms with Crippen molar-refractivity contribution >= 4 is 23.6 Å². The highest BCUT2D eigenvalue weighted by atomic mass is 32.2. The largest absolute Gasteiger partial charge is 0.349 e. The molecule has 1 aromatic rings. The summed E-state index contributed by atoms with van der Waals surface area (Å²) in [5, 5.41) is 2.85. The van der Waals surface area contributed by atoms with Crippen LogP contribution in [-0.4, -0.2) is 55.7 Å². The molecule has 2 rings (SSSR count). The molecule has 0 saturated carbocycles. The molecule has 2 amide bonds. The van der Waals surface area contributed by atoms with Gasteiger partial charge in [0.25, 0.3) is 0 Å². The molecule has 0 aromatic heterocycles. The fourth-order valence-electron chi connectivity index (χ4n) is 2.65. The number of quaternary nitrogens is 1. The summed E-state index contributed by atoms with van der Waals surface area (Å²) in [7, 11) is 4.09. The first kappa shape index (κ1) is 17.8. The van der Waals surface area contributed by atoms with Crippen LogP contribution in [0.2, 0.25) is 0 Å². The van der Waals surface area contributed by atoms with Crippen molar-refractivity contribution in [3.8, 4) is 0 Å². The molecule has 1 aromatic carbocycles. The standard InChI is InChI=1S/C17H25N3O2S/c1-12-6-5-7-14(10-12)17-20(15(21)11-23-17)13(2)16(22)18-8-9-19(3)4/h5-7,10,13,17H,8-9,11H2,1-4H3,(H,18,22)/p+1/t13-,17-/m1/s1. The van der Waals surface area contributed by atoms with Crippen molar-refractivity contribution in [2.24, 2.45) is 0 Å². The van der Waals surface area contributed by atoms with Gasteiger partial charge in [-0.2, -0.15) is 0 Å². The van der Waals surface area contributed by atoms with E-state index in [4.69, 9.17) is 0 Å². The molecule has 1 fully saturated rings. The smallest absolute Gasteiger partial charge is 0.242 e. The van der Waals surface area contributed by atoms with Crippen molar-refractivity contribution in [3.63, 3.8) is 0 Å². The van der Waals surface area contributed by atoms with E-state index in [1.807, 2.05) is 46.1 Å². The SMILES string of the molecule is Cc1cccc([C@H]2SCC(=O)N2[C@H](C)C(=O)NCC[NH+](C)C)c1. The zero-order chi connectivity index (χ0) is 17.0. The number of amides is 2. The molecule has 1 aliphatic heterocycles. The zero-order valence-electron chi connectivity index (χ0n) is 14.3. The third-order valence-corrected chi connectivity index (χ3v) is 5.18. The lowest BCUT2D eigenvalue weighted by Crippen LogP contribution is -3.06. The van der Waals surface area contributed by atoms with Crippen LogP contribution >= 0.6 is 11.8 Å². The van der Waals surface area contributed by atoms with Gasteiger partial charge in [-0.25, -0.2) is 0 Å². The normalized spacial score (nSPS) is 19.3. The number of likely N-dealkylation sites (N-methyl/N-ethyl adjacent to an activating group) is 1. The van der Waals surface area contributed by atoms with Gasteiger partial charge in [-0.15, -0.1) is 11.8 Å². The lowest BCUT2D eigenvalue weighted by Gasteiger charge is -2.29. The van der Waals surface area contributed by atoms with E-state index in [0.717, 1.165) is 17.7 Å². The number of hydrogen-bond acceptors (Lipinski definition) is 3. The molecule has 23 heavy (non-hydrogen) atoms. The van der Waals surface area contributed by atoms with Crippen LogP contribution in [-0.2, 0) is 9.59 Å². The highest BCUT2D eigenvalue weighted by Crippen LogP contribution is 2.40. The lowest BCUT2D eigenvalue weighted by molar-refractivity contribution is -0.856. The summed E-state index contributed by atoms with van der Waals surface area (Å²) in [5.74, 6) is 0.375. The van der Waals surface area contributed by atoms with E-state index in [1.165, 1.54) is 4.90 Å². The van der Waals surface area contributed by atoms with Gasteiger partial charge >= 0.3 is 0 Å². The summed E-state index contributed by atoms with van der Waals surface area (Å²) < 4.78 is 0. The first-order valence-electron chi connectivity index (χ1n) is 7.96. The van der Waals surface area contributed by atoms with Crippen LogP contribution in [0.3, 0.4) is 0 Å². The molecule has 2 N–H and O–H groups in total. The number of nitrogens with one attached hydrogen (secondary N) is 2. The second kappa shape index (κ2) is 7.84. The van der Waals surface area contributed by atoms with Crippen LogP contribution in [0, 0.1) is 6.92 Å². The summed E-state index contributed by atoms with van der Waals surface area (Å²) >= 11 is 1.59. The molecule has 5 nitrogen and oxygen atoms in total. The molecule has 0 spiro atoms. The fourth-order valence-corrected chi connectivity index (χ4v) is 3.89. The van der Waals surface area contributed by atoms with Crippen LogP contribution < -0.4 is 10.2 Å². The minimum Gasteiger partial charge on any atom is -0.349 e. The molecule has 0 unspecified atom stereocenters. The number of carbonyl (C=O) groups is 2. The van der Waals surface area contributed by atoms with E-state index in [9.17, 15) is 9.59 Å². The van der Waals surface area contributed by atoms with Gasteiger partial charge in [0.15, 0.2) is 0 Å². The van der Waals surface area contributed by atoms with Crippen LogP contribution in [0.4, 0.5) is 0 Å².